The number of benzene rings is 1. The maximum absolute atomic E-state index is 6.06. The molecule has 0 atom stereocenters. The maximum atomic E-state index is 6.06. The molecule has 2 N–H and O–H groups in total. The first-order valence-corrected chi connectivity index (χ1v) is 7.27. The van der Waals surface area contributed by atoms with E-state index in [1.54, 1.807) is 0 Å². The zero-order chi connectivity index (χ0) is 13.9. The Morgan fingerprint density at radius 3 is 2.80 bits per heavy atom. The first-order valence-electron chi connectivity index (χ1n) is 7.27. The number of para-hydroxylation sites is 1. The molecule has 1 saturated carbocycles. The van der Waals surface area contributed by atoms with E-state index in [-0.39, 0.29) is 0 Å². The van der Waals surface area contributed by atoms with E-state index < -0.39 is 0 Å². The molecule has 1 aliphatic carbocycles. The second kappa shape index (κ2) is 5.67. The van der Waals surface area contributed by atoms with Gasteiger partial charge in [-0.1, -0.05) is 18.2 Å². The van der Waals surface area contributed by atoms with Crippen LogP contribution < -0.4 is 5.73 Å². The second-order valence-electron chi connectivity index (χ2n) is 5.60. The molecule has 1 aromatic carbocycles. The van der Waals surface area contributed by atoms with Crippen molar-refractivity contribution in [2.75, 3.05) is 12.3 Å². The Bertz CT molecular complexity index is 571. The van der Waals surface area contributed by atoms with Crippen molar-refractivity contribution in [2.45, 2.75) is 31.8 Å². The maximum Gasteiger partial charge on any atom is 0.109 e. The van der Waals surface area contributed by atoms with Crippen molar-refractivity contribution in [2.24, 2.45) is 7.05 Å². The van der Waals surface area contributed by atoms with Crippen molar-refractivity contribution in [1.82, 2.24) is 14.5 Å². The lowest BCUT2D eigenvalue weighted by molar-refractivity contribution is 0.256. The van der Waals surface area contributed by atoms with Gasteiger partial charge in [0.1, 0.15) is 5.82 Å². The topological polar surface area (TPSA) is 47.1 Å². The van der Waals surface area contributed by atoms with Gasteiger partial charge in [0.05, 0.1) is 0 Å². The molecular weight excluding hydrogens is 248 g/mol. The Kier molecular flexibility index (Phi) is 3.74. The summed E-state index contributed by atoms with van der Waals surface area (Å²) in [5.74, 6) is 1.15. The van der Waals surface area contributed by atoms with Crippen LogP contribution in [0.5, 0.6) is 0 Å². The fourth-order valence-electron chi connectivity index (χ4n) is 2.61. The molecule has 0 amide bonds. The van der Waals surface area contributed by atoms with Gasteiger partial charge in [0.2, 0.25) is 0 Å². The number of aryl methyl sites for hydroxylation is 1. The minimum Gasteiger partial charge on any atom is -0.398 e. The average molecular weight is 270 g/mol. The lowest BCUT2D eigenvalue weighted by Gasteiger charge is -2.22. The molecule has 0 unspecified atom stereocenters. The SMILES string of the molecule is Cn1ccnc1CCN(Cc1ccccc1N)C1CC1. The molecular formula is C16H22N4. The van der Waals surface area contributed by atoms with Crippen molar-refractivity contribution < 1.29 is 0 Å². The van der Waals surface area contributed by atoms with Crippen LogP contribution in [0.3, 0.4) is 0 Å². The summed E-state index contributed by atoms with van der Waals surface area (Å²) in [5.41, 5.74) is 8.19. The van der Waals surface area contributed by atoms with Gasteiger partial charge in [-0.3, -0.25) is 4.90 Å². The molecule has 106 valence electrons. The van der Waals surface area contributed by atoms with Crippen LogP contribution in [-0.4, -0.2) is 27.0 Å². The largest absolute Gasteiger partial charge is 0.398 e. The van der Waals surface area contributed by atoms with Gasteiger partial charge in [-0.15, -0.1) is 0 Å². The summed E-state index contributed by atoms with van der Waals surface area (Å²) in [5, 5.41) is 0. The third kappa shape index (κ3) is 3.02. The molecule has 2 aromatic rings. The van der Waals surface area contributed by atoms with Gasteiger partial charge in [-0.25, -0.2) is 4.98 Å². The summed E-state index contributed by atoms with van der Waals surface area (Å²) in [6.07, 6.45) is 7.49. The highest BCUT2D eigenvalue weighted by atomic mass is 15.2. The van der Waals surface area contributed by atoms with E-state index in [9.17, 15) is 0 Å². The van der Waals surface area contributed by atoms with Crippen molar-refractivity contribution in [3.63, 3.8) is 0 Å². The van der Waals surface area contributed by atoms with Crippen molar-refractivity contribution >= 4 is 5.69 Å². The number of nitrogen functional groups attached to an aromatic ring is 1. The number of rotatable bonds is 6. The van der Waals surface area contributed by atoms with E-state index >= 15 is 0 Å². The molecule has 1 heterocycles. The Hall–Kier alpha value is -1.81. The van der Waals surface area contributed by atoms with Crippen LogP contribution in [0.25, 0.3) is 0 Å². The Labute approximate surface area is 120 Å². The molecule has 1 aliphatic rings. The standard InChI is InChI=1S/C16H22N4/c1-19-11-9-18-16(19)8-10-20(14-6-7-14)12-13-4-2-3-5-15(13)17/h2-5,9,11,14H,6-8,10,12,17H2,1H3. The highest BCUT2D eigenvalue weighted by Gasteiger charge is 2.29. The minimum atomic E-state index is 0.731. The minimum absolute atomic E-state index is 0.731. The van der Waals surface area contributed by atoms with Crippen LogP contribution >= 0.6 is 0 Å². The van der Waals surface area contributed by atoms with E-state index in [1.165, 1.54) is 18.4 Å². The van der Waals surface area contributed by atoms with Gasteiger partial charge in [0.25, 0.3) is 0 Å². The zero-order valence-electron chi connectivity index (χ0n) is 12.0. The van der Waals surface area contributed by atoms with Crippen LogP contribution in [0.2, 0.25) is 0 Å². The fourth-order valence-corrected chi connectivity index (χ4v) is 2.61. The van der Waals surface area contributed by atoms with Crippen LogP contribution in [0.15, 0.2) is 36.7 Å². The number of imidazole rings is 1. The van der Waals surface area contributed by atoms with E-state index in [2.05, 4.69) is 33.6 Å². The summed E-state index contributed by atoms with van der Waals surface area (Å²) >= 11 is 0. The van der Waals surface area contributed by atoms with E-state index in [0.717, 1.165) is 37.1 Å². The number of aromatic nitrogens is 2. The summed E-state index contributed by atoms with van der Waals surface area (Å²) in [6, 6.07) is 8.91. The summed E-state index contributed by atoms with van der Waals surface area (Å²) in [7, 11) is 2.05. The third-order valence-corrected chi connectivity index (χ3v) is 4.04. The summed E-state index contributed by atoms with van der Waals surface area (Å²) < 4.78 is 2.10. The highest BCUT2D eigenvalue weighted by molar-refractivity contribution is 5.46. The van der Waals surface area contributed by atoms with Crippen LogP contribution in [0.1, 0.15) is 24.2 Å². The van der Waals surface area contributed by atoms with Gasteiger partial charge in [-0.2, -0.15) is 0 Å². The fraction of sp³-hybridized carbons (Fsp3) is 0.438. The van der Waals surface area contributed by atoms with Crippen LogP contribution in [0.4, 0.5) is 5.69 Å². The van der Waals surface area contributed by atoms with Gasteiger partial charge in [0.15, 0.2) is 0 Å². The number of nitrogens with zero attached hydrogens (tertiary/aromatic N) is 3. The molecule has 4 nitrogen and oxygen atoms in total. The predicted molar refractivity (Wildman–Crippen MR) is 81.2 cm³/mol. The quantitative estimate of drug-likeness (QED) is 0.819. The Balaban J connectivity index is 1.64. The third-order valence-electron chi connectivity index (χ3n) is 4.04. The molecule has 0 radical (unpaired) electrons. The van der Waals surface area contributed by atoms with Crippen LogP contribution in [0, 0.1) is 0 Å². The number of anilines is 1. The lowest BCUT2D eigenvalue weighted by atomic mass is 10.1. The molecule has 20 heavy (non-hydrogen) atoms. The Morgan fingerprint density at radius 2 is 2.15 bits per heavy atom. The van der Waals surface area contributed by atoms with Gasteiger partial charge in [0, 0.05) is 50.7 Å². The molecule has 4 heteroatoms. The zero-order valence-corrected chi connectivity index (χ0v) is 12.0. The van der Waals surface area contributed by atoms with Crippen LogP contribution in [-0.2, 0) is 20.0 Å². The van der Waals surface area contributed by atoms with E-state index in [4.69, 9.17) is 5.73 Å². The van der Waals surface area contributed by atoms with E-state index in [1.807, 2.05) is 24.5 Å². The number of hydrogen-bond donors (Lipinski definition) is 1. The first kappa shape index (κ1) is 13.2. The monoisotopic (exact) mass is 270 g/mol. The lowest BCUT2D eigenvalue weighted by Crippen LogP contribution is -2.28. The van der Waals surface area contributed by atoms with Crippen molar-refractivity contribution in [3.8, 4) is 0 Å². The van der Waals surface area contributed by atoms with Gasteiger partial charge >= 0.3 is 0 Å². The first-order chi connectivity index (χ1) is 9.74. The number of hydrogen-bond acceptors (Lipinski definition) is 3. The average Bonchev–Trinajstić information content (AvgIpc) is 3.20. The smallest absolute Gasteiger partial charge is 0.109 e. The summed E-state index contributed by atoms with van der Waals surface area (Å²) in [4.78, 5) is 6.95. The van der Waals surface area contributed by atoms with Gasteiger partial charge in [-0.05, 0) is 24.5 Å². The van der Waals surface area contributed by atoms with Crippen molar-refractivity contribution in [1.29, 1.82) is 0 Å². The molecule has 3 rings (SSSR count). The highest BCUT2D eigenvalue weighted by Crippen LogP contribution is 2.29. The summed E-state index contributed by atoms with van der Waals surface area (Å²) in [6.45, 7) is 1.99. The van der Waals surface area contributed by atoms with E-state index in [0.29, 0.717) is 0 Å². The molecule has 0 saturated heterocycles. The molecule has 1 fully saturated rings. The van der Waals surface area contributed by atoms with Gasteiger partial charge < -0.3 is 10.3 Å². The van der Waals surface area contributed by atoms with Crippen molar-refractivity contribution in [3.05, 3.63) is 48.0 Å². The molecule has 0 spiro atoms. The number of nitrogens with two attached hydrogens (primary N) is 1. The second-order valence-corrected chi connectivity index (χ2v) is 5.60. The normalized spacial score (nSPS) is 14.9. The molecule has 1 aromatic heterocycles. The molecule has 0 aliphatic heterocycles. The predicted octanol–water partition coefficient (Wildman–Crippen LogP) is 2.21. The Morgan fingerprint density at radius 1 is 1.35 bits per heavy atom. The molecule has 0 bridgehead atoms.